The van der Waals surface area contributed by atoms with Crippen LogP contribution < -0.4 is 0 Å². The summed E-state index contributed by atoms with van der Waals surface area (Å²) in [6.07, 6.45) is 3.06. The number of rotatable bonds is 3. The van der Waals surface area contributed by atoms with Gasteiger partial charge in [-0.05, 0) is 25.1 Å². The van der Waals surface area contributed by atoms with E-state index in [9.17, 15) is 4.79 Å². The predicted molar refractivity (Wildman–Crippen MR) is 77.4 cm³/mol. The Bertz CT molecular complexity index is 695. The molecule has 2 rings (SSSR count). The van der Waals surface area contributed by atoms with Crippen LogP contribution in [0.15, 0.2) is 35.0 Å². The second kappa shape index (κ2) is 6.73. The van der Waals surface area contributed by atoms with Crippen molar-refractivity contribution >= 4 is 5.91 Å². The Hall–Kier alpha value is -2.58. The molecule has 0 aliphatic carbocycles. The molecule has 1 N–H and O–H groups in total. The van der Waals surface area contributed by atoms with Crippen LogP contribution in [0.5, 0.6) is 0 Å². The van der Waals surface area contributed by atoms with E-state index >= 15 is 0 Å². The van der Waals surface area contributed by atoms with E-state index in [1.807, 2.05) is 19.1 Å². The van der Waals surface area contributed by atoms with E-state index in [1.54, 1.807) is 24.2 Å². The van der Waals surface area contributed by atoms with Gasteiger partial charge in [0.1, 0.15) is 18.1 Å². The number of carbonyl (C=O) groups excluding carboxylic acids is 1. The molecule has 21 heavy (non-hydrogen) atoms. The summed E-state index contributed by atoms with van der Waals surface area (Å²) < 4.78 is 5.47. The van der Waals surface area contributed by atoms with Crippen molar-refractivity contribution in [1.82, 2.24) is 9.88 Å². The number of hydrogen-bond acceptors (Lipinski definition) is 4. The molecule has 0 aliphatic rings. The molecule has 0 aromatic carbocycles. The molecule has 0 unspecified atom stereocenters. The topological polar surface area (TPSA) is 66.6 Å². The summed E-state index contributed by atoms with van der Waals surface area (Å²) >= 11 is 0. The molecule has 5 nitrogen and oxygen atoms in total. The molecule has 2 aromatic heterocycles. The van der Waals surface area contributed by atoms with Crippen molar-refractivity contribution in [1.29, 1.82) is 0 Å². The number of amides is 1. The molecule has 0 radical (unpaired) electrons. The van der Waals surface area contributed by atoms with Gasteiger partial charge in [0.05, 0.1) is 17.7 Å². The normalized spacial score (nSPS) is 9.86. The van der Waals surface area contributed by atoms with Crippen molar-refractivity contribution in [3.63, 3.8) is 0 Å². The lowest BCUT2D eigenvalue weighted by Crippen LogP contribution is -2.26. The zero-order chi connectivity index (χ0) is 15.2. The van der Waals surface area contributed by atoms with Gasteiger partial charge in [0, 0.05) is 19.4 Å². The average Bonchev–Trinajstić information content (AvgIpc) is 2.89. The highest BCUT2D eigenvalue weighted by Crippen LogP contribution is 2.13. The molecule has 0 atom stereocenters. The van der Waals surface area contributed by atoms with Crippen molar-refractivity contribution < 1.29 is 14.3 Å². The van der Waals surface area contributed by atoms with Gasteiger partial charge in [-0.2, -0.15) is 0 Å². The summed E-state index contributed by atoms with van der Waals surface area (Å²) in [7, 11) is 1.70. The fourth-order valence-corrected chi connectivity index (χ4v) is 1.90. The predicted octanol–water partition coefficient (Wildman–Crippen LogP) is 1.60. The molecule has 0 aliphatic heterocycles. The molecule has 0 bridgehead atoms. The first-order valence-electron chi connectivity index (χ1n) is 6.46. The lowest BCUT2D eigenvalue weighted by molar-refractivity contribution is 0.0774. The highest BCUT2D eigenvalue weighted by atomic mass is 16.3. The second-order valence-electron chi connectivity index (χ2n) is 4.55. The van der Waals surface area contributed by atoms with Crippen LogP contribution in [0.3, 0.4) is 0 Å². The maximum absolute atomic E-state index is 12.5. The first kappa shape index (κ1) is 14.8. The third-order valence-corrected chi connectivity index (χ3v) is 2.89. The minimum atomic E-state index is -0.260. The highest BCUT2D eigenvalue weighted by molar-refractivity contribution is 5.96. The van der Waals surface area contributed by atoms with Crippen LogP contribution >= 0.6 is 0 Å². The number of aliphatic hydroxyl groups excluding tert-OH is 1. The monoisotopic (exact) mass is 284 g/mol. The fraction of sp³-hybridized carbons (Fsp3) is 0.250. The molecule has 0 saturated heterocycles. The lowest BCUT2D eigenvalue weighted by Gasteiger charge is -2.16. The Morgan fingerprint density at radius 3 is 2.90 bits per heavy atom. The van der Waals surface area contributed by atoms with Crippen molar-refractivity contribution in [2.75, 3.05) is 13.7 Å². The summed E-state index contributed by atoms with van der Waals surface area (Å²) in [5.41, 5.74) is 0.954. The van der Waals surface area contributed by atoms with Crippen LogP contribution in [0.25, 0.3) is 0 Å². The molecule has 0 spiro atoms. The maximum Gasteiger partial charge on any atom is 0.255 e. The first-order valence-corrected chi connectivity index (χ1v) is 6.46. The average molecular weight is 284 g/mol. The Labute approximate surface area is 123 Å². The number of aromatic nitrogens is 1. The molecule has 5 heteroatoms. The number of nitrogens with zero attached hydrogens (tertiary/aromatic N) is 2. The quantitative estimate of drug-likeness (QED) is 0.869. The van der Waals surface area contributed by atoms with Crippen molar-refractivity contribution in [2.45, 2.75) is 13.5 Å². The van der Waals surface area contributed by atoms with Gasteiger partial charge in [-0.1, -0.05) is 11.8 Å². The molecular formula is C16H16N2O3. The van der Waals surface area contributed by atoms with Crippen molar-refractivity contribution in [3.8, 4) is 11.8 Å². The van der Waals surface area contributed by atoms with Gasteiger partial charge in [0.2, 0.25) is 0 Å². The second-order valence-corrected chi connectivity index (χ2v) is 4.55. The Balaban J connectivity index is 2.19. The molecular weight excluding hydrogens is 268 g/mol. The zero-order valence-electron chi connectivity index (χ0n) is 12.0. The van der Waals surface area contributed by atoms with Crippen molar-refractivity contribution in [2.24, 2.45) is 0 Å². The largest absolute Gasteiger partial charge is 0.464 e. The molecule has 0 saturated carbocycles. The van der Waals surface area contributed by atoms with Gasteiger partial charge >= 0.3 is 0 Å². The van der Waals surface area contributed by atoms with E-state index in [0.29, 0.717) is 17.7 Å². The molecule has 0 fully saturated rings. The van der Waals surface area contributed by atoms with E-state index in [1.165, 1.54) is 6.20 Å². The third-order valence-electron chi connectivity index (χ3n) is 2.89. The van der Waals surface area contributed by atoms with E-state index in [0.717, 1.165) is 11.5 Å². The van der Waals surface area contributed by atoms with Gasteiger partial charge in [-0.25, -0.2) is 0 Å². The smallest absolute Gasteiger partial charge is 0.255 e. The fourth-order valence-electron chi connectivity index (χ4n) is 1.90. The number of carbonyl (C=O) groups is 1. The first-order chi connectivity index (χ1) is 10.1. The van der Waals surface area contributed by atoms with Crippen molar-refractivity contribution in [3.05, 3.63) is 53.2 Å². The van der Waals surface area contributed by atoms with Gasteiger partial charge in [-0.15, -0.1) is 0 Å². The summed E-state index contributed by atoms with van der Waals surface area (Å²) in [5.74, 6) is 6.62. The number of pyridine rings is 1. The van der Waals surface area contributed by atoms with E-state index < -0.39 is 0 Å². The minimum absolute atomic E-state index is 0.173. The zero-order valence-corrected chi connectivity index (χ0v) is 12.0. The molecule has 2 aromatic rings. The SMILES string of the molecule is Cc1ccc(CN(C)C(=O)c2ccncc2C#CCO)o1. The molecule has 2 heterocycles. The minimum Gasteiger partial charge on any atom is -0.464 e. The Morgan fingerprint density at radius 2 is 2.24 bits per heavy atom. The number of aryl methyl sites for hydroxylation is 1. The van der Waals surface area contributed by atoms with Crippen LogP contribution in [-0.4, -0.2) is 34.6 Å². The summed E-state index contributed by atoms with van der Waals surface area (Å²) in [6.45, 7) is 1.97. The Kier molecular flexibility index (Phi) is 4.75. The molecule has 108 valence electrons. The van der Waals surface area contributed by atoms with Crippen LogP contribution in [-0.2, 0) is 6.54 Å². The summed E-state index contributed by atoms with van der Waals surface area (Å²) in [6, 6.07) is 5.32. The Morgan fingerprint density at radius 1 is 1.43 bits per heavy atom. The maximum atomic E-state index is 12.5. The van der Waals surface area contributed by atoms with Gasteiger partial charge in [0.15, 0.2) is 0 Å². The van der Waals surface area contributed by atoms with E-state index in [4.69, 9.17) is 9.52 Å². The standard InChI is InChI=1S/C16H16N2O3/c1-12-5-6-14(21-12)11-18(2)16(20)15-7-8-17-10-13(15)4-3-9-19/h5-8,10,19H,9,11H2,1-2H3. The number of hydrogen-bond donors (Lipinski definition) is 1. The lowest BCUT2D eigenvalue weighted by atomic mass is 10.1. The number of furan rings is 1. The van der Waals surface area contributed by atoms with E-state index in [-0.39, 0.29) is 12.5 Å². The number of aliphatic hydroxyl groups is 1. The van der Waals surface area contributed by atoms with Crippen LogP contribution in [0, 0.1) is 18.8 Å². The highest BCUT2D eigenvalue weighted by Gasteiger charge is 2.16. The van der Waals surface area contributed by atoms with E-state index in [2.05, 4.69) is 16.8 Å². The summed E-state index contributed by atoms with van der Waals surface area (Å²) in [5, 5.41) is 8.76. The van der Waals surface area contributed by atoms with Crippen LogP contribution in [0.1, 0.15) is 27.4 Å². The van der Waals surface area contributed by atoms with Crippen LogP contribution in [0.2, 0.25) is 0 Å². The van der Waals surface area contributed by atoms with Gasteiger partial charge in [0.25, 0.3) is 5.91 Å². The molecule has 1 amide bonds. The van der Waals surface area contributed by atoms with Gasteiger partial charge < -0.3 is 14.4 Å². The van der Waals surface area contributed by atoms with Gasteiger partial charge in [-0.3, -0.25) is 9.78 Å². The van der Waals surface area contributed by atoms with Crippen LogP contribution in [0.4, 0.5) is 0 Å². The third kappa shape index (κ3) is 3.71. The summed E-state index contributed by atoms with van der Waals surface area (Å²) in [4.78, 5) is 18.0.